The van der Waals surface area contributed by atoms with Crippen LogP contribution in [0, 0.1) is 0 Å². The minimum absolute atomic E-state index is 0.0245. The SMILES string of the molecule is O=S1(=O)C[C@H](O)[C@H](Sc2ncnc3sc4c(c23)CCC4)C1. The summed E-state index contributed by atoms with van der Waals surface area (Å²) in [6.07, 6.45) is 4.03. The number of sulfone groups is 1. The Bertz CT molecular complexity index is 815. The Balaban J connectivity index is 1.74. The number of aryl methyl sites for hydroxylation is 2. The van der Waals surface area contributed by atoms with E-state index < -0.39 is 15.9 Å². The molecule has 3 heterocycles. The van der Waals surface area contributed by atoms with Crippen molar-refractivity contribution in [2.45, 2.75) is 35.6 Å². The van der Waals surface area contributed by atoms with Gasteiger partial charge in [0, 0.05) is 10.3 Å². The Hall–Kier alpha value is -0.700. The Morgan fingerprint density at radius 2 is 2.14 bits per heavy atom. The van der Waals surface area contributed by atoms with Crippen molar-refractivity contribution >= 4 is 43.2 Å². The summed E-state index contributed by atoms with van der Waals surface area (Å²) in [4.78, 5) is 11.1. The van der Waals surface area contributed by atoms with Crippen LogP contribution in [0.25, 0.3) is 10.2 Å². The van der Waals surface area contributed by atoms with E-state index in [1.165, 1.54) is 28.5 Å². The molecule has 8 heteroatoms. The van der Waals surface area contributed by atoms with Crippen LogP contribution in [0.3, 0.4) is 0 Å². The molecular weight excluding hydrogens is 328 g/mol. The Labute approximate surface area is 130 Å². The highest BCUT2D eigenvalue weighted by atomic mass is 32.2. The van der Waals surface area contributed by atoms with Crippen molar-refractivity contribution in [1.82, 2.24) is 9.97 Å². The highest BCUT2D eigenvalue weighted by molar-refractivity contribution is 8.02. The maximum absolute atomic E-state index is 11.6. The van der Waals surface area contributed by atoms with Crippen molar-refractivity contribution in [3.05, 3.63) is 16.8 Å². The van der Waals surface area contributed by atoms with Gasteiger partial charge in [0.25, 0.3) is 0 Å². The van der Waals surface area contributed by atoms with Gasteiger partial charge in [-0.1, -0.05) is 11.8 Å². The van der Waals surface area contributed by atoms with Gasteiger partial charge in [0.05, 0.1) is 22.9 Å². The summed E-state index contributed by atoms with van der Waals surface area (Å²) >= 11 is 3.10. The van der Waals surface area contributed by atoms with E-state index in [2.05, 4.69) is 9.97 Å². The minimum atomic E-state index is -3.13. The molecule has 0 radical (unpaired) electrons. The highest BCUT2D eigenvalue weighted by Crippen LogP contribution is 2.42. The summed E-state index contributed by atoms with van der Waals surface area (Å²) < 4.78 is 23.3. The van der Waals surface area contributed by atoms with Crippen LogP contribution < -0.4 is 0 Å². The first-order valence-corrected chi connectivity index (χ1v) is 10.4. The van der Waals surface area contributed by atoms with E-state index in [1.54, 1.807) is 11.3 Å². The van der Waals surface area contributed by atoms with Gasteiger partial charge in [0.1, 0.15) is 16.2 Å². The molecule has 21 heavy (non-hydrogen) atoms. The van der Waals surface area contributed by atoms with E-state index in [9.17, 15) is 13.5 Å². The minimum Gasteiger partial charge on any atom is -0.391 e. The van der Waals surface area contributed by atoms with Crippen molar-refractivity contribution in [2.75, 3.05) is 11.5 Å². The van der Waals surface area contributed by atoms with Gasteiger partial charge in [-0.25, -0.2) is 18.4 Å². The van der Waals surface area contributed by atoms with E-state index in [0.29, 0.717) is 0 Å². The molecule has 5 nitrogen and oxygen atoms in total. The monoisotopic (exact) mass is 342 g/mol. The summed E-state index contributed by atoms with van der Waals surface area (Å²) in [7, 11) is -3.13. The van der Waals surface area contributed by atoms with E-state index in [0.717, 1.165) is 34.5 Å². The highest BCUT2D eigenvalue weighted by Gasteiger charge is 2.38. The van der Waals surface area contributed by atoms with Crippen LogP contribution in [0.2, 0.25) is 0 Å². The third kappa shape index (κ3) is 2.38. The number of aromatic nitrogens is 2. The van der Waals surface area contributed by atoms with Crippen molar-refractivity contribution < 1.29 is 13.5 Å². The molecule has 0 aromatic carbocycles. The van der Waals surface area contributed by atoms with Crippen molar-refractivity contribution in [2.24, 2.45) is 0 Å². The van der Waals surface area contributed by atoms with Crippen molar-refractivity contribution in [3.63, 3.8) is 0 Å². The van der Waals surface area contributed by atoms with Gasteiger partial charge in [-0.2, -0.15) is 0 Å². The smallest absolute Gasteiger partial charge is 0.154 e. The summed E-state index contributed by atoms with van der Waals surface area (Å²) in [5, 5.41) is 11.5. The van der Waals surface area contributed by atoms with Gasteiger partial charge < -0.3 is 5.11 Å². The molecule has 112 valence electrons. The fraction of sp³-hybridized carbons (Fsp3) is 0.538. The molecule has 1 aliphatic carbocycles. The zero-order valence-electron chi connectivity index (χ0n) is 11.2. The molecule has 0 saturated carbocycles. The molecule has 0 bridgehead atoms. The molecule has 0 unspecified atom stereocenters. The van der Waals surface area contributed by atoms with Crippen molar-refractivity contribution in [3.8, 4) is 0 Å². The predicted molar refractivity (Wildman–Crippen MR) is 83.7 cm³/mol. The lowest BCUT2D eigenvalue weighted by Gasteiger charge is -2.12. The number of thioether (sulfide) groups is 1. The summed E-state index contributed by atoms with van der Waals surface area (Å²) in [6, 6.07) is 0. The van der Waals surface area contributed by atoms with E-state index >= 15 is 0 Å². The quantitative estimate of drug-likeness (QED) is 0.832. The third-order valence-electron chi connectivity index (χ3n) is 4.00. The van der Waals surface area contributed by atoms with E-state index in [4.69, 9.17) is 0 Å². The first-order chi connectivity index (χ1) is 10.0. The lowest BCUT2D eigenvalue weighted by Crippen LogP contribution is -2.20. The second kappa shape index (κ2) is 4.91. The van der Waals surface area contributed by atoms with E-state index in [1.807, 2.05) is 0 Å². The molecule has 1 aliphatic heterocycles. The second-order valence-electron chi connectivity index (χ2n) is 5.52. The average Bonchev–Trinajstić information content (AvgIpc) is 3.02. The molecule has 4 rings (SSSR count). The third-order valence-corrected chi connectivity index (χ3v) is 8.45. The molecule has 2 aromatic heterocycles. The number of fused-ring (bicyclic) bond motifs is 3. The summed E-state index contributed by atoms with van der Waals surface area (Å²) in [5.74, 6) is -0.114. The molecule has 1 saturated heterocycles. The fourth-order valence-electron chi connectivity index (χ4n) is 3.04. The van der Waals surface area contributed by atoms with Crippen LogP contribution in [-0.4, -0.2) is 46.4 Å². The number of rotatable bonds is 2. The molecule has 0 spiro atoms. The van der Waals surface area contributed by atoms with Crippen LogP contribution in [0.15, 0.2) is 11.4 Å². The average molecular weight is 342 g/mol. The maximum atomic E-state index is 11.6. The molecule has 2 aliphatic rings. The number of hydrogen-bond acceptors (Lipinski definition) is 7. The Morgan fingerprint density at radius 3 is 2.90 bits per heavy atom. The van der Waals surface area contributed by atoms with Gasteiger partial charge in [0.15, 0.2) is 9.84 Å². The zero-order chi connectivity index (χ0) is 14.6. The largest absolute Gasteiger partial charge is 0.391 e. The first-order valence-electron chi connectivity index (χ1n) is 6.84. The number of aliphatic hydroxyl groups excluding tert-OH is 1. The van der Waals surface area contributed by atoms with Crippen LogP contribution in [0.4, 0.5) is 0 Å². The van der Waals surface area contributed by atoms with Gasteiger partial charge in [-0.3, -0.25) is 0 Å². The van der Waals surface area contributed by atoms with Crippen LogP contribution in [-0.2, 0) is 22.7 Å². The number of hydrogen-bond donors (Lipinski definition) is 1. The van der Waals surface area contributed by atoms with Gasteiger partial charge in [-0.05, 0) is 24.8 Å². The fourth-order valence-corrected chi connectivity index (χ4v) is 7.95. The predicted octanol–water partition coefficient (Wildman–Crippen LogP) is 1.43. The summed E-state index contributed by atoms with van der Waals surface area (Å²) in [6.45, 7) is 0. The lowest BCUT2D eigenvalue weighted by atomic mass is 10.2. The number of aliphatic hydroxyl groups is 1. The normalized spacial score (nSPS) is 27.3. The molecule has 2 aromatic rings. The van der Waals surface area contributed by atoms with Gasteiger partial charge in [-0.15, -0.1) is 11.3 Å². The number of thiophene rings is 1. The molecule has 2 atom stereocenters. The molecular formula is C13H14N2O3S3. The van der Waals surface area contributed by atoms with Gasteiger partial charge >= 0.3 is 0 Å². The lowest BCUT2D eigenvalue weighted by molar-refractivity contribution is 0.207. The van der Waals surface area contributed by atoms with Crippen LogP contribution >= 0.6 is 23.1 Å². The standard InChI is InChI=1S/C13H14N2O3S3/c16-8-4-21(17,18)5-10(8)20-13-11-7-2-1-3-9(7)19-12(11)14-6-15-13/h6,8,10,16H,1-5H2/t8-,10+/m0/s1. The summed E-state index contributed by atoms with van der Waals surface area (Å²) in [5.41, 5.74) is 1.33. The Morgan fingerprint density at radius 1 is 1.29 bits per heavy atom. The van der Waals surface area contributed by atoms with Gasteiger partial charge in [0.2, 0.25) is 0 Å². The second-order valence-corrected chi connectivity index (χ2v) is 9.98. The Kier molecular flexibility index (Phi) is 3.25. The zero-order valence-corrected chi connectivity index (χ0v) is 13.6. The molecule has 1 fully saturated rings. The topological polar surface area (TPSA) is 80.2 Å². The van der Waals surface area contributed by atoms with Crippen molar-refractivity contribution in [1.29, 1.82) is 0 Å². The van der Waals surface area contributed by atoms with Crippen LogP contribution in [0.1, 0.15) is 16.9 Å². The maximum Gasteiger partial charge on any atom is 0.154 e. The number of nitrogens with zero attached hydrogens (tertiary/aromatic N) is 2. The van der Waals surface area contributed by atoms with Crippen LogP contribution in [0.5, 0.6) is 0 Å². The van der Waals surface area contributed by atoms with E-state index in [-0.39, 0.29) is 16.8 Å². The molecule has 0 amide bonds. The first kappa shape index (κ1) is 13.9. The molecule has 1 N–H and O–H groups in total.